The smallest absolute Gasteiger partial charge is 0.303 e. The van der Waals surface area contributed by atoms with Gasteiger partial charge in [-0.3, -0.25) is 4.79 Å². The first-order valence-electron chi connectivity index (χ1n) is 6.85. The van der Waals surface area contributed by atoms with Crippen molar-refractivity contribution in [2.45, 2.75) is 57.8 Å². The number of hydrogen-bond donors (Lipinski definition) is 1. The molecule has 3 nitrogen and oxygen atoms in total. The molecule has 1 saturated carbocycles. The molecule has 0 amide bonds. The van der Waals surface area contributed by atoms with Crippen molar-refractivity contribution in [1.82, 2.24) is 4.98 Å². The molecule has 18 heavy (non-hydrogen) atoms. The number of rotatable bonds is 5. The van der Waals surface area contributed by atoms with Gasteiger partial charge in [-0.25, -0.2) is 4.98 Å². The van der Waals surface area contributed by atoms with Gasteiger partial charge >= 0.3 is 5.97 Å². The molecule has 0 atom stereocenters. The summed E-state index contributed by atoms with van der Waals surface area (Å²) in [6, 6.07) is 0. The van der Waals surface area contributed by atoms with Crippen molar-refractivity contribution in [1.29, 1.82) is 0 Å². The van der Waals surface area contributed by atoms with Crippen molar-refractivity contribution in [3.8, 4) is 0 Å². The number of carboxylic acid groups (broad SMARTS) is 1. The molecule has 4 heteroatoms. The summed E-state index contributed by atoms with van der Waals surface area (Å²) in [5.41, 5.74) is 0.954. The number of hydrogen-bond acceptors (Lipinski definition) is 3. The van der Waals surface area contributed by atoms with Crippen molar-refractivity contribution in [2.24, 2.45) is 5.92 Å². The van der Waals surface area contributed by atoms with E-state index in [1.807, 2.05) is 5.38 Å². The Labute approximate surface area is 112 Å². The topological polar surface area (TPSA) is 50.2 Å². The van der Waals surface area contributed by atoms with Crippen LogP contribution in [0.25, 0.3) is 0 Å². The number of aromatic nitrogens is 1. The highest BCUT2D eigenvalue weighted by atomic mass is 32.1. The molecule has 2 rings (SSSR count). The van der Waals surface area contributed by atoms with E-state index < -0.39 is 5.97 Å². The molecule has 1 aliphatic carbocycles. The maximum absolute atomic E-state index is 10.5. The van der Waals surface area contributed by atoms with Crippen LogP contribution in [0.15, 0.2) is 5.38 Å². The molecular weight excluding hydrogens is 246 g/mol. The Balaban J connectivity index is 1.88. The number of nitrogens with zero attached hydrogens (tertiary/aromatic N) is 1. The van der Waals surface area contributed by atoms with E-state index in [4.69, 9.17) is 5.11 Å². The van der Waals surface area contributed by atoms with E-state index in [-0.39, 0.29) is 6.42 Å². The lowest BCUT2D eigenvalue weighted by Gasteiger charge is -2.26. The fourth-order valence-corrected chi connectivity index (χ4v) is 3.70. The van der Waals surface area contributed by atoms with Crippen LogP contribution in [0.2, 0.25) is 0 Å². The summed E-state index contributed by atoms with van der Waals surface area (Å²) < 4.78 is 0. The molecule has 100 valence electrons. The molecule has 0 spiro atoms. The first-order chi connectivity index (χ1) is 8.69. The standard InChI is InChI=1S/C14H21NO2S/c1-2-10-3-5-11(6-4-10)14-15-12(9-18-14)7-8-13(16)17/h9-11H,2-8H2,1H3,(H,16,17). The summed E-state index contributed by atoms with van der Waals surface area (Å²) in [6.45, 7) is 2.28. The van der Waals surface area contributed by atoms with Crippen molar-refractivity contribution < 1.29 is 9.90 Å². The molecule has 1 aliphatic rings. The summed E-state index contributed by atoms with van der Waals surface area (Å²) in [6.07, 6.45) is 7.21. The zero-order valence-corrected chi connectivity index (χ0v) is 11.7. The second kappa shape index (κ2) is 6.32. The molecular formula is C14H21NO2S. The molecule has 1 fully saturated rings. The van der Waals surface area contributed by atoms with Gasteiger partial charge in [-0.2, -0.15) is 0 Å². The lowest BCUT2D eigenvalue weighted by Crippen LogP contribution is -2.12. The van der Waals surface area contributed by atoms with Crippen LogP contribution in [-0.4, -0.2) is 16.1 Å². The molecule has 1 aromatic rings. The number of aryl methyl sites for hydroxylation is 1. The van der Waals surface area contributed by atoms with Gasteiger partial charge in [0.15, 0.2) is 0 Å². The molecule has 1 N–H and O–H groups in total. The molecule has 0 unspecified atom stereocenters. The van der Waals surface area contributed by atoms with E-state index >= 15 is 0 Å². The van der Waals surface area contributed by atoms with E-state index in [1.165, 1.54) is 37.1 Å². The lowest BCUT2D eigenvalue weighted by atomic mass is 9.81. The van der Waals surface area contributed by atoms with Gasteiger partial charge in [0.2, 0.25) is 0 Å². The number of thiazole rings is 1. The summed E-state index contributed by atoms with van der Waals surface area (Å²) in [5, 5.41) is 11.9. The van der Waals surface area contributed by atoms with Crippen LogP contribution in [0, 0.1) is 5.92 Å². The Bertz CT molecular complexity index is 394. The molecule has 0 aromatic carbocycles. The molecule has 0 aliphatic heterocycles. The van der Waals surface area contributed by atoms with E-state index in [0.29, 0.717) is 12.3 Å². The summed E-state index contributed by atoms with van der Waals surface area (Å²) in [5.74, 6) is 0.789. The summed E-state index contributed by atoms with van der Waals surface area (Å²) in [4.78, 5) is 15.1. The van der Waals surface area contributed by atoms with Crippen LogP contribution >= 0.6 is 11.3 Å². The van der Waals surface area contributed by atoms with E-state index in [9.17, 15) is 4.79 Å². The Hall–Kier alpha value is -0.900. The zero-order chi connectivity index (χ0) is 13.0. The van der Waals surface area contributed by atoms with Crippen molar-refractivity contribution in [2.75, 3.05) is 0 Å². The van der Waals surface area contributed by atoms with Crippen LogP contribution < -0.4 is 0 Å². The average Bonchev–Trinajstić information content (AvgIpc) is 2.85. The Morgan fingerprint density at radius 1 is 1.44 bits per heavy atom. The largest absolute Gasteiger partial charge is 0.481 e. The van der Waals surface area contributed by atoms with Gasteiger partial charge in [0.05, 0.1) is 17.1 Å². The van der Waals surface area contributed by atoms with Gasteiger partial charge in [-0.05, 0) is 31.6 Å². The minimum absolute atomic E-state index is 0.186. The van der Waals surface area contributed by atoms with Crippen LogP contribution in [0.4, 0.5) is 0 Å². The molecule has 0 radical (unpaired) electrons. The maximum Gasteiger partial charge on any atom is 0.303 e. The van der Waals surface area contributed by atoms with Crippen LogP contribution in [-0.2, 0) is 11.2 Å². The van der Waals surface area contributed by atoms with Gasteiger partial charge in [-0.15, -0.1) is 11.3 Å². The number of carbonyl (C=O) groups is 1. The first kappa shape index (κ1) is 13.5. The van der Waals surface area contributed by atoms with Crippen LogP contribution in [0.3, 0.4) is 0 Å². The van der Waals surface area contributed by atoms with Gasteiger partial charge in [0, 0.05) is 17.7 Å². The highest BCUT2D eigenvalue weighted by Crippen LogP contribution is 2.38. The lowest BCUT2D eigenvalue weighted by molar-refractivity contribution is -0.136. The quantitative estimate of drug-likeness (QED) is 0.881. The zero-order valence-electron chi connectivity index (χ0n) is 10.9. The van der Waals surface area contributed by atoms with Crippen molar-refractivity contribution >= 4 is 17.3 Å². The molecule has 0 saturated heterocycles. The normalized spacial score (nSPS) is 24.1. The predicted molar refractivity (Wildman–Crippen MR) is 73.1 cm³/mol. The Kier molecular flexibility index (Phi) is 4.75. The summed E-state index contributed by atoms with van der Waals surface area (Å²) in [7, 11) is 0. The fraction of sp³-hybridized carbons (Fsp3) is 0.714. The van der Waals surface area contributed by atoms with Crippen LogP contribution in [0.5, 0.6) is 0 Å². The monoisotopic (exact) mass is 267 g/mol. The number of aliphatic carboxylic acids is 1. The second-order valence-corrected chi connectivity index (χ2v) is 6.09. The summed E-state index contributed by atoms with van der Waals surface area (Å²) >= 11 is 1.71. The Morgan fingerprint density at radius 3 is 2.78 bits per heavy atom. The third-order valence-electron chi connectivity index (χ3n) is 3.94. The highest BCUT2D eigenvalue weighted by Gasteiger charge is 2.23. The van der Waals surface area contributed by atoms with E-state index in [2.05, 4.69) is 11.9 Å². The van der Waals surface area contributed by atoms with E-state index in [1.54, 1.807) is 11.3 Å². The van der Waals surface area contributed by atoms with E-state index in [0.717, 1.165) is 11.6 Å². The van der Waals surface area contributed by atoms with Gasteiger partial charge in [-0.1, -0.05) is 13.3 Å². The molecule has 1 aromatic heterocycles. The average molecular weight is 267 g/mol. The maximum atomic E-state index is 10.5. The van der Waals surface area contributed by atoms with Gasteiger partial charge in [0.1, 0.15) is 0 Å². The SMILES string of the molecule is CCC1CCC(c2nc(CCC(=O)O)cs2)CC1. The van der Waals surface area contributed by atoms with Crippen molar-refractivity contribution in [3.05, 3.63) is 16.1 Å². The Morgan fingerprint density at radius 2 is 2.17 bits per heavy atom. The van der Waals surface area contributed by atoms with Crippen LogP contribution in [0.1, 0.15) is 62.1 Å². The second-order valence-electron chi connectivity index (χ2n) is 5.20. The first-order valence-corrected chi connectivity index (χ1v) is 7.73. The predicted octanol–water partition coefficient (Wildman–Crippen LogP) is 3.84. The fourth-order valence-electron chi connectivity index (χ4n) is 2.68. The van der Waals surface area contributed by atoms with Gasteiger partial charge in [0.25, 0.3) is 0 Å². The molecule has 1 heterocycles. The minimum Gasteiger partial charge on any atom is -0.481 e. The highest BCUT2D eigenvalue weighted by molar-refractivity contribution is 7.09. The third-order valence-corrected chi connectivity index (χ3v) is 4.99. The number of carboxylic acids is 1. The molecule has 0 bridgehead atoms. The third kappa shape index (κ3) is 3.55. The van der Waals surface area contributed by atoms with Gasteiger partial charge < -0.3 is 5.11 Å². The van der Waals surface area contributed by atoms with Crippen molar-refractivity contribution in [3.63, 3.8) is 0 Å². The minimum atomic E-state index is -0.743.